The van der Waals surface area contributed by atoms with Gasteiger partial charge in [-0.05, 0) is 24.4 Å². The van der Waals surface area contributed by atoms with Crippen LogP contribution in [0.4, 0.5) is 0 Å². The summed E-state index contributed by atoms with van der Waals surface area (Å²) in [6, 6.07) is 0. The van der Waals surface area contributed by atoms with Crippen LogP contribution in [0.1, 0.15) is 30.0 Å². The molecule has 0 aromatic carbocycles. The van der Waals surface area contributed by atoms with Gasteiger partial charge in [0.05, 0.1) is 12.1 Å². The first kappa shape index (κ1) is 8.58. The van der Waals surface area contributed by atoms with Crippen LogP contribution in [0.25, 0.3) is 4.85 Å². The highest BCUT2D eigenvalue weighted by atomic mass is 35.5. The summed E-state index contributed by atoms with van der Waals surface area (Å²) in [6.07, 6.45) is 3.01. The summed E-state index contributed by atoms with van der Waals surface area (Å²) in [5, 5.41) is 4.29. The topological polar surface area (TPSA) is 30.4 Å². The Kier molecular flexibility index (Phi) is 2.24. The van der Waals surface area contributed by atoms with Gasteiger partial charge in [0.1, 0.15) is 0 Å². The minimum atomic E-state index is 0.366. The number of hydrogen-bond donors (Lipinski definition) is 0. The van der Waals surface area contributed by atoms with Gasteiger partial charge in [0.15, 0.2) is 0 Å². The normalized spacial score (nSPS) is 15.7. The molecular formula is C9H9ClN2O. The molecule has 0 bridgehead atoms. The van der Waals surface area contributed by atoms with Gasteiger partial charge in [0, 0.05) is 11.5 Å². The van der Waals surface area contributed by atoms with Crippen LogP contribution in [0.3, 0.4) is 0 Å². The summed E-state index contributed by atoms with van der Waals surface area (Å²) in [5.41, 5.74) is 1.92. The van der Waals surface area contributed by atoms with Crippen molar-refractivity contribution in [2.24, 2.45) is 0 Å². The summed E-state index contributed by atoms with van der Waals surface area (Å²) < 4.78 is 4.91. The lowest BCUT2D eigenvalue weighted by Gasteiger charge is -1.93. The van der Waals surface area contributed by atoms with Crippen molar-refractivity contribution in [1.82, 2.24) is 5.16 Å². The summed E-state index contributed by atoms with van der Waals surface area (Å²) in [5.74, 6) is 0.539. The van der Waals surface area contributed by atoms with Crippen LogP contribution in [0.2, 0.25) is 5.22 Å². The van der Waals surface area contributed by atoms with E-state index in [1.807, 2.05) is 0 Å². The fraction of sp³-hybridized carbons (Fsp3) is 0.556. The molecule has 1 aromatic heterocycles. The first-order valence-corrected chi connectivity index (χ1v) is 4.68. The van der Waals surface area contributed by atoms with E-state index in [1.165, 1.54) is 12.8 Å². The molecule has 1 fully saturated rings. The molecular weight excluding hydrogens is 188 g/mol. The van der Waals surface area contributed by atoms with Crippen molar-refractivity contribution in [2.45, 2.75) is 25.2 Å². The zero-order chi connectivity index (χ0) is 9.26. The monoisotopic (exact) mass is 196 g/mol. The smallest absolute Gasteiger partial charge is 0.229 e. The largest absolute Gasteiger partial charge is 0.344 e. The number of rotatable bonds is 3. The van der Waals surface area contributed by atoms with E-state index in [9.17, 15) is 0 Å². The van der Waals surface area contributed by atoms with Crippen LogP contribution >= 0.6 is 11.6 Å². The molecule has 2 rings (SSSR count). The molecule has 1 aliphatic rings. The van der Waals surface area contributed by atoms with E-state index in [0.717, 1.165) is 11.3 Å². The van der Waals surface area contributed by atoms with Gasteiger partial charge in [-0.1, -0.05) is 5.16 Å². The van der Waals surface area contributed by atoms with E-state index in [4.69, 9.17) is 22.7 Å². The quantitative estimate of drug-likeness (QED) is 0.696. The molecule has 1 aromatic rings. The maximum absolute atomic E-state index is 6.70. The minimum absolute atomic E-state index is 0.366. The Balaban J connectivity index is 2.20. The lowest BCUT2D eigenvalue weighted by atomic mass is 10.1. The third-order valence-corrected chi connectivity index (χ3v) is 2.51. The molecule has 1 saturated carbocycles. The summed E-state index contributed by atoms with van der Waals surface area (Å²) >= 11 is 5.82. The van der Waals surface area contributed by atoms with Crippen molar-refractivity contribution in [3.05, 3.63) is 27.9 Å². The van der Waals surface area contributed by atoms with Crippen molar-refractivity contribution in [3.8, 4) is 0 Å². The molecule has 0 atom stereocenters. The molecule has 0 amide bonds. The summed E-state index contributed by atoms with van der Waals surface area (Å²) in [6.45, 7) is 7.16. The zero-order valence-electron chi connectivity index (χ0n) is 7.09. The maximum Gasteiger partial charge on any atom is 0.229 e. The molecule has 0 radical (unpaired) electrons. The van der Waals surface area contributed by atoms with Crippen LogP contribution in [-0.4, -0.2) is 11.7 Å². The lowest BCUT2D eigenvalue weighted by molar-refractivity contribution is 0.413. The molecule has 13 heavy (non-hydrogen) atoms. The van der Waals surface area contributed by atoms with Crippen molar-refractivity contribution in [1.29, 1.82) is 0 Å². The highest BCUT2D eigenvalue weighted by Gasteiger charge is 2.31. The van der Waals surface area contributed by atoms with Gasteiger partial charge in [-0.15, -0.1) is 0 Å². The minimum Gasteiger partial charge on any atom is -0.344 e. The number of nitrogens with zero attached hydrogens (tertiary/aromatic N) is 2. The summed E-state index contributed by atoms with van der Waals surface area (Å²) in [4.78, 5) is 3.29. The maximum atomic E-state index is 6.70. The highest BCUT2D eigenvalue weighted by molar-refractivity contribution is 6.29. The van der Waals surface area contributed by atoms with E-state index in [0.29, 0.717) is 24.1 Å². The number of hydrogen-bond acceptors (Lipinski definition) is 2. The average Bonchev–Trinajstić information content (AvgIpc) is 2.89. The van der Waals surface area contributed by atoms with Crippen LogP contribution in [0.15, 0.2) is 4.52 Å². The molecule has 68 valence electrons. The molecule has 0 spiro atoms. The molecule has 0 saturated heterocycles. The Morgan fingerprint density at radius 1 is 1.62 bits per heavy atom. The average molecular weight is 197 g/mol. The highest BCUT2D eigenvalue weighted by Crippen LogP contribution is 2.42. The molecule has 1 heterocycles. The van der Waals surface area contributed by atoms with Gasteiger partial charge >= 0.3 is 0 Å². The molecule has 0 unspecified atom stereocenters. The van der Waals surface area contributed by atoms with Gasteiger partial charge in [-0.2, -0.15) is 0 Å². The van der Waals surface area contributed by atoms with E-state index >= 15 is 0 Å². The summed E-state index contributed by atoms with van der Waals surface area (Å²) in [7, 11) is 0. The van der Waals surface area contributed by atoms with E-state index < -0.39 is 0 Å². The Bertz CT molecular complexity index is 349. The Morgan fingerprint density at radius 3 is 3.00 bits per heavy atom. The first-order chi connectivity index (χ1) is 6.33. The lowest BCUT2D eigenvalue weighted by Crippen LogP contribution is -1.92. The van der Waals surface area contributed by atoms with Crippen LogP contribution in [0.5, 0.6) is 0 Å². The first-order valence-electron chi connectivity index (χ1n) is 4.30. The van der Waals surface area contributed by atoms with E-state index in [-0.39, 0.29) is 0 Å². The Hall–Kier alpha value is -1.01. The fourth-order valence-electron chi connectivity index (χ4n) is 1.37. The second-order valence-corrected chi connectivity index (χ2v) is 3.57. The van der Waals surface area contributed by atoms with Gasteiger partial charge < -0.3 is 9.37 Å². The molecule has 0 N–H and O–H groups in total. The molecule has 1 aliphatic carbocycles. The van der Waals surface area contributed by atoms with Crippen molar-refractivity contribution >= 4 is 11.6 Å². The van der Waals surface area contributed by atoms with Crippen LogP contribution in [-0.2, 0) is 6.42 Å². The fourth-order valence-corrected chi connectivity index (χ4v) is 1.60. The second kappa shape index (κ2) is 3.39. The van der Waals surface area contributed by atoms with Crippen molar-refractivity contribution < 1.29 is 4.52 Å². The predicted octanol–water partition coefficient (Wildman–Crippen LogP) is 2.67. The third kappa shape index (κ3) is 1.68. The van der Waals surface area contributed by atoms with Crippen molar-refractivity contribution in [2.75, 3.05) is 6.54 Å². The van der Waals surface area contributed by atoms with Crippen LogP contribution < -0.4 is 0 Å². The van der Waals surface area contributed by atoms with Gasteiger partial charge in [-0.25, -0.2) is 6.57 Å². The third-order valence-electron chi connectivity index (χ3n) is 2.21. The molecule has 3 nitrogen and oxygen atoms in total. The van der Waals surface area contributed by atoms with E-state index in [2.05, 4.69) is 10.0 Å². The second-order valence-electron chi connectivity index (χ2n) is 3.23. The molecule has 4 heteroatoms. The van der Waals surface area contributed by atoms with E-state index in [1.54, 1.807) is 0 Å². The number of aromatic nitrogens is 1. The van der Waals surface area contributed by atoms with Gasteiger partial charge in [0.2, 0.25) is 11.8 Å². The number of halogens is 1. The standard InChI is InChI=1S/C9H9ClN2O/c1-11-5-4-7-8(6-2-3-6)12-13-9(7)10/h6H,2-5H2. The van der Waals surface area contributed by atoms with Gasteiger partial charge in [0.25, 0.3) is 0 Å². The Morgan fingerprint density at radius 2 is 2.38 bits per heavy atom. The Labute approximate surface area is 81.5 Å². The predicted molar refractivity (Wildman–Crippen MR) is 48.7 cm³/mol. The van der Waals surface area contributed by atoms with Crippen molar-refractivity contribution in [3.63, 3.8) is 0 Å². The van der Waals surface area contributed by atoms with Crippen LogP contribution in [0, 0.1) is 6.57 Å². The SMILES string of the molecule is [C-]#[N+]CCc1c(C2CC2)noc1Cl. The van der Waals surface area contributed by atoms with Gasteiger partial charge in [-0.3, -0.25) is 0 Å². The molecule has 0 aliphatic heterocycles. The zero-order valence-corrected chi connectivity index (χ0v) is 7.84.